The zero-order valence-electron chi connectivity index (χ0n) is 28.7. The molecular weight excluding hydrogens is 831 g/mol. The summed E-state index contributed by atoms with van der Waals surface area (Å²) in [6.07, 6.45) is 2.40. The van der Waals surface area contributed by atoms with Crippen LogP contribution in [-0.2, 0) is 71.2 Å². The minimum absolute atomic E-state index is 0.0154. The predicted octanol–water partition coefficient (Wildman–Crippen LogP) is 3.51. The number of carbonyl (C=O) groups excluding carboxylic acids is 1. The van der Waals surface area contributed by atoms with Gasteiger partial charge >= 0.3 is 35.1 Å². The highest BCUT2D eigenvalue weighted by atomic mass is 33.1. The van der Waals surface area contributed by atoms with Gasteiger partial charge in [-0.3, -0.25) is 13.9 Å². The molecular formula is C26H44N3O16P3S4. The van der Waals surface area contributed by atoms with E-state index in [-0.39, 0.29) is 47.9 Å². The molecule has 1 aliphatic heterocycles. The molecule has 0 bridgehead atoms. The van der Waals surface area contributed by atoms with Crippen molar-refractivity contribution in [2.24, 2.45) is 0 Å². The van der Waals surface area contributed by atoms with Gasteiger partial charge in [0.1, 0.15) is 24.1 Å². The molecule has 2 rings (SSSR count). The molecule has 0 aliphatic carbocycles. The third-order valence-electron chi connectivity index (χ3n) is 6.63. The van der Waals surface area contributed by atoms with Crippen molar-refractivity contribution >= 4 is 77.5 Å². The lowest BCUT2D eigenvalue weighted by molar-refractivity contribution is -0.143. The molecule has 6 atom stereocenters. The number of phosphoric acid groups is 3. The molecule has 2 heterocycles. The number of aromatic nitrogens is 2. The number of hydrogen-bond donors (Lipinski definition) is 5. The Kier molecular flexibility index (Phi) is 20.2. The van der Waals surface area contributed by atoms with Gasteiger partial charge in [0.25, 0.3) is 0 Å². The monoisotopic (exact) mass is 875 g/mol. The molecule has 3 unspecified atom stereocenters. The first kappa shape index (κ1) is 47.4. The number of hydrogen-bond acceptors (Lipinski definition) is 17. The second-order valence-electron chi connectivity index (χ2n) is 11.4. The van der Waals surface area contributed by atoms with E-state index in [4.69, 9.17) is 50.2 Å². The van der Waals surface area contributed by atoms with Gasteiger partial charge < -0.3 is 44.3 Å². The van der Waals surface area contributed by atoms with Crippen molar-refractivity contribution in [3.05, 3.63) is 22.2 Å². The van der Waals surface area contributed by atoms with Gasteiger partial charge in [-0.1, -0.05) is 49.8 Å². The highest BCUT2D eigenvalue weighted by molar-refractivity contribution is 8.77. The molecule has 0 saturated carbocycles. The van der Waals surface area contributed by atoms with Crippen LogP contribution in [0.1, 0.15) is 71.1 Å². The Morgan fingerprint density at radius 2 is 1.88 bits per heavy atom. The molecule has 26 heteroatoms. The molecule has 1 aromatic heterocycles. The summed E-state index contributed by atoms with van der Waals surface area (Å²) in [5.41, 5.74) is 5.22. The van der Waals surface area contributed by atoms with Crippen LogP contribution >= 0.6 is 45.1 Å². The van der Waals surface area contributed by atoms with Crippen LogP contribution < -0.4 is 11.4 Å². The average molecular weight is 876 g/mol. The van der Waals surface area contributed by atoms with Gasteiger partial charge in [-0.2, -0.15) is 13.6 Å². The molecule has 0 amide bonds. The Labute approximate surface area is 316 Å². The Bertz CT molecular complexity index is 1640. The molecule has 6 N–H and O–H groups in total. The number of phosphoric ester groups is 1. The van der Waals surface area contributed by atoms with Gasteiger partial charge in [0, 0.05) is 30.4 Å². The molecule has 1 fully saturated rings. The van der Waals surface area contributed by atoms with Crippen LogP contribution in [0.5, 0.6) is 0 Å². The molecule has 0 spiro atoms. The van der Waals surface area contributed by atoms with E-state index < -0.39 is 69.6 Å². The largest absolute Gasteiger partial charge is 0.490 e. The van der Waals surface area contributed by atoms with E-state index in [1.165, 1.54) is 6.20 Å². The fourth-order valence-corrected chi connectivity index (χ4v) is 9.75. The van der Waals surface area contributed by atoms with E-state index >= 15 is 0 Å². The van der Waals surface area contributed by atoms with E-state index in [2.05, 4.69) is 46.2 Å². The molecule has 1 saturated heterocycles. The van der Waals surface area contributed by atoms with E-state index in [0.717, 1.165) is 17.4 Å². The lowest BCUT2D eigenvalue weighted by Gasteiger charge is -2.21. The standard InChI is InChI=1S/C26H44N3O16P3S4/c1-5-26(2,3)51-50-17-39-12-8-9-13-40-23(30)11-7-6-10-19-15-29(25(31)28-24(19)27)22-14-20(41-18-52(4)49)21(43-22)16-42-47(35,36)45-48(37,38)44-46(32,33)34/h15,20-22H,5,7-9,11-14,16-18H2,1-4H3,(H,35,36)(H,37,38)(H2,27,28,31)(H2,32,33,34)/t20-,21+,22+,52?/m0/s1. The summed E-state index contributed by atoms with van der Waals surface area (Å²) in [7, 11) is -14.0. The summed E-state index contributed by atoms with van der Waals surface area (Å²) in [6, 6.07) is 0. The summed E-state index contributed by atoms with van der Waals surface area (Å²) >= 11 is 5.14. The smallest absolute Gasteiger partial charge is 0.466 e. The Hall–Kier alpha value is -0.730. The van der Waals surface area contributed by atoms with Crippen molar-refractivity contribution < 1.29 is 70.2 Å². The maximum atomic E-state index is 12.8. The molecule has 52 heavy (non-hydrogen) atoms. The number of esters is 1. The lowest BCUT2D eigenvalue weighted by atomic mass is 10.1. The number of nitrogen functional groups attached to an aromatic ring is 1. The predicted molar refractivity (Wildman–Crippen MR) is 198 cm³/mol. The first-order valence-electron chi connectivity index (χ1n) is 15.4. The first-order valence-corrected chi connectivity index (χ1v) is 25.0. The number of ether oxygens (including phenoxy) is 4. The Morgan fingerprint density at radius 1 is 1.19 bits per heavy atom. The van der Waals surface area contributed by atoms with E-state index in [1.54, 1.807) is 27.8 Å². The van der Waals surface area contributed by atoms with Crippen molar-refractivity contribution in [3.63, 3.8) is 0 Å². The number of anilines is 1. The first-order chi connectivity index (χ1) is 24.1. The number of rotatable bonds is 23. The van der Waals surface area contributed by atoms with Gasteiger partial charge in [-0.05, 0) is 50.6 Å². The number of unbranched alkanes of at least 4 members (excludes halogenated alkanes) is 1. The van der Waals surface area contributed by atoms with Crippen molar-refractivity contribution in [1.29, 1.82) is 0 Å². The minimum atomic E-state index is -5.74. The average Bonchev–Trinajstić information content (AvgIpc) is 3.42. The van der Waals surface area contributed by atoms with Gasteiger partial charge in [-0.25, -0.2) is 18.5 Å². The molecule has 298 valence electrons. The number of nitrogens with zero attached hydrogens (tertiary/aromatic N) is 2. The number of carbonyl (C=O) groups is 1. The minimum Gasteiger partial charge on any atom is -0.466 e. The highest BCUT2D eigenvalue weighted by Crippen LogP contribution is 2.66. The van der Waals surface area contributed by atoms with Gasteiger partial charge in [0.15, 0.2) is 0 Å². The maximum Gasteiger partial charge on any atom is 0.490 e. The van der Waals surface area contributed by atoms with Crippen molar-refractivity contribution in [1.82, 2.24) is 9.55 Å². The highest BCUT2D eigenvalue weighted by Gasteiger charge is 2.43. The fourth-order valence-electron chi connectivity index (χ4n) is 3.86. The van der Waals surface area contributed by atoms with Crippen LogP contribution in [0.25, 0.3) is 0 Å². The second kappa shape index (κ2) is 22.1. The fraction of sp³-hybridized carbons (Fsp3) is 0.731. The number of nitrogens with two attached hydrogens (primary N) is 1. The maximum absolute atomic E-state index is 12.8. The molecule has 0 aromatic carbocycles. The Balaban J connectivity index is 1.94. The van der Waals surface area contributed by atoms with Gasteiger partial charge in [0.05, 0.1) is 37.2 Å². The summed E-state index contributed by atoms with van der Waals surface area (Å²) in [5, 5.41) is 0. The molecule has 19 nitrogen and oxygen atoms in total. The van der Waals surface area contributed by atoms with Crippen LogP contribution in [0, 0.1) is 11.8 Å². The van der Waals surface area contributed by atoms with E-state index in [1.807, 2.05) is 0 Å². The molecule has 1 aromatic rings. The molecule has 0 radical (unpaired) electrons. The normalized spacial score (nSPS) is 20.7. The summed E-state index contributed by atoms with van der Waals surface area (Å²) < 4.78 is 70.6. The second-order valence-corrected chi connectivity index (χ2v) is 21.9. The quantitative estimate of drug-likeness (QED) is 0.0263. The van der Waals surface area contributed by atoms with Gasteiger partial charge in [-0.15, -0.1) is 0 Å². The summed E-state index contributed by atoms with van der Waals surface area (Å²) in [6.45, 7) is 6.52. The van der Waals surface area contributed by atoms with Crippen molar-refractivity contribution in [2.45, 2.75) is 82.5 Å². The van der Waals surface area contributed by atoms with E-state index in [0.29, 0.717) is 19.0 Å². The van der Waals surface area contributed by atoms with E-state index in [9.17, 15) is 33.1 Å². The Morgan fingerprint density at radius 3 is 2.54 bits per heavy atom. The topological polar surface area (TPSA) is 275 Å². The van der Waals surface area contributed by atoms with Crippen LogP contribution in [-0.4, -0.2) is 90.0 Å². The third-order valence-corrected chi connectivity index (χ3v) is 14.3. The lowest BCUT2D eigenvalue weighted by Crippen LogP contribution is -2.30. The third kappa shape index (κ3) is 19.2. The van der Waals surface area contributed by atoms with Crippen LogP contribution in [0.2, 0.25) is 0 Å². The van der Waals surface area contributed by atoms with Crippen LogP contribution in [0.3, 0.4) is 0 Å². The van der Waals surface area contributed by atoms with Crippen LogP contribution in [0.4, 0.5) is 5.82 Å². The van der Waals surface area contributed by atoms with Gasteiger partial charge in [0.2, 0.25) is 0 Å². The zero-order chi connectivity index (χ0) is 39.2. The zero-order valence-corrected chi connectivity index (χ0v) is 34.7. The SMILES string of the molecule is CCC(C)(C)SSCOCCCCOC(=O)CCC#Cc1cn([C@H]2C[C@H](OCS(C)=S)[C@@H](COP(=O)(O)OP(=O)(O)OP(=O)(O)O)O2)c(=O)nc1N. The molecule has 1 aliphatic rings. The van der Waals surface area contributed by atoms with Crippen molar-refractivity contribution in [3.8, 4) is 11.8 Å². The summed E-state index contributed by atoms with van der Waals surface area (Å²) in [5.74, 6) is 5.59. The summed E-state index contributed by atoms with van der Waals surface area (Å²) in [4.78, 5) is 65.4. The van der Waals surface area contributed by atoms with Crippen LogP contribution in [0.15, 0.2) is 11.0 Å². The van der Waals surface area contributed by atoms with Crippen molar-refractivity contribution in [2.75, 3.05) is 43.7 Å².